The van der Waals surface area contributed by atoms with Crippen LogP contribution < -0.4 is 9.88 Å². The van der Waals surface area contributed by atoms with Gasteiger partial charge in [0.05, 0.1) is 17.3 Å². The number of benzene rings is 1. The van der Waals surface area contributed by atoms with Crippen LogP contribution >= 0.6 is 11.6 Å². The molecule has 0 aromatic heterocycles. The van der Waals surface area contributed by atoms with Crippen LogP contribution in [0.15, 0.2) is 18.2 Å². The van der Waals surface area contributed by atoms with Gasteiger partial charge in [-0.1, -0.05) is 18.5 Å². The standard InChI is InChI=1S/C12H17ClN2O5S/c1-9(5-7-21(14,18)19)4-6-20-12-3-2-10(13)8-11(12)15(16)17/h2-3,8-9H,4-7H2,1H3,(H2,14,18,19). The van der Waals surface area contributed by atoms with Crippen molar-refractivity contribution in [3.05, 3.63) is 33.3 Å². The molecule has 1 rings (SSSR count). The van der Waals surface area contributed by atoms with E-state index in [2.05, 4.69) is 0 Å². The van der Waals surface area contributed by atoms with Gasteiger partial charge in [0.1, 0.15) is 0 Å². The summed E-state index contributed by atoms with van der Waals surface area (Å²) in [5, 5.41) is 16.1. The van der Waals surface area contributed by atoms with Crippen molar-refractivity contribution < 1.29 is 18.1 Å². The quantitative estimate of drug-likeness (QED) is 0.578. The first-order chi connectivity index (χ1) is 9.69. The van der Waals surface area contributed by atoms with Crippen molar-refractivity contribution in [1.82, 2.24) is 0 Å². The number of ether oxygens (including phenoxy) is 1. The van der Waals surface area contributed by atoms with Crippen molar-refractivity contribution in [3.8, 4) is 5.75 Å². The predicted molar refractivity (Wildman–Crippen MR) is 80.0 cm³/mol. The molecular weight excluding hydrogens is 320 g/mol. The van der Waals surface area contributed by atoms with Crippen LogP contribution in [0.1, 0.15) is 19.8 Å². The Morgan fingerprint density at radius 3 is 2.67 bits per heavy atom. The lowest BCUT2D eigenvalue weighted by Crippen LogP contribution is -2.18. The highest BCUT2D eigenvalue weighted by Crippen LogP contribution is 2.30. The number of nitro groups is 1. The third-order valence-electron chi connectivity index (χ3n) is 2.88. The lowest BCUT2D eigenvalue weighted by atomic mass is 10.1. The second kappa shape index (κ2) is 7.58. The number of primary sulfonamides is 1. The van der Waals surface area contributed by atoms with Crippen LogP contribution in [0, 0.1) is 16.0 Å². The summed E-state index contributed by atoms with van der Waals surface area (Å²) in [5.41, 5.74) is -0.195. The number of hydrogen-bond acceptors (Lipinski definition) is 5. The summed E-state index contributed by atoms with van der Waals surface area (Å²) in [6, 6.07) is 4.17. The Morgan fingerprint density at radius 1 is 1.43 bits per heavy atom. The van der Waals surface area contributed by atoms with Crippen molar-refractivity contribution >= 4 is 27.3 Å². The zero-order chi connectivity index (χ0) is 16.0. The summed E-state index contributed by atoms with van der Waals surface area (Å²) in [6.07, 6.45) is 0.986. The number of hydrogen-bond donors (Lipinski definition) is 1. The van der Waals surface area contributed by atoms with Crippen LogP contribution in [-0.4, -0.2) is 25.7 Å². The summed E-state index contributed by atoms with van der Waals surface area (Å²) in [5.74, 6) is 0.132. The Bertz CT molecular complexity index is 606. The smallest absolute Gasteiger partial charge is 0.312 e. The zero-order valence-corrected chi connectivity index (χ0v) is 13.1. The van der Waals surface area contributed by atoms with Crippen molar-refractivity contribution in [1.29, 1.82) is 0 Å². The van der Waals surface area contributed by atoms with Gasteiger partial charge in [-0.15, -0.1) is 0 Å². The van der Waals surface area contributed by atoms with Crippen LogP contribution in [-0.2, 0) is 10.0 Å². The van der Waals surface area contributed by atoms with E-state index in [4.69, 9.17) is 21.5 Å². The second-order valence-corrected chi connectivity index (χ2v) is 6.94. The monoisotopic (exact) mass is 336 g/mol. The minimum atomic E-state index is -3.46. The van der Waals surface area contributed by atoms with E-state index in [0.29, 0.717) is 12.8 Å². The van der Waals surface area contributed by atoms with Gasteiger partial charge in [0.2, 0.25) is 10.0 Å². The van der Waals surface area contributed by atoms with Gasteiger partial charge in [-0.2, -0.15) is 0 Å². The van der Waals surface area contributed by atoms with Crippen molar-refractivity contribution in [2.45, 2.75) is 19.8 Å². The van der Waals surface area contributed by atoms with E-state index in [9.17, 15) is 18.5 Å². The molecule has 0 saturated carbocycles. The van der Waals surface area contributed by atoms with E-state index >= 15 is 0 Å². The summed E-state index contributed by atoms with van der Waals surface area (Å²) < 4.78 is 27.1. The highest BCUT2D eigenvalue weighted by atomic mass is 35.5. The van der Waals surface area contributed by atoms with Gasteiger partial charge in [-0.25, -0.2) is 13.6 Å². The fraction of sp³-hybridized carbons (Fsp3) is 0.500. The van der Waals surface area contributed by atoms with Crippen molar-refractivity contribution in [2.24, 2.45) is 11.1 Å². The molecule has 0 amide bonds. The minimum absolute atomic E-state index is 0.0784. The Hall–Kier alpha value is -1.38. The topological polar surface area (TPSA) is 113 Å². The van der Waals surface area contributed by atoms with Gasteiger partial charge >= 0.3 is 5.69 Å². The molecule has 0 aliphatic rings. The summed E-state index contributed by atoms with van der Waals surface area (Å²) >= 11 is 5.70. The Morgan fingerprint density at radius 2 is 2.10 bits per heavy atom. The van der Waals surface area contributed by atoms with Gasteiger partial charge in [-0.3, -0.25) is 10.1 Å². The highest BCUT2D eigenvalue weighted by molar-refractivity contribution is 7.89. The van der Waals surface area contributed by atoms with Crippen LogP contribution in [0.5, 0.6) is 5.75 Å². The number of nitrogens with zero attached hydrogens (tertiary/aromatic N) is 1. The third kappa shape index (κ3) is 6.74. The maximum atomic E-state index is 10.9. The average Bonchev–Trinajstić information content (AvgIpc) is 2.37. The Kier molecular flexibility index (Phi) is 6.38. The largest absolute Gasteiger partial charge is 0.487 e. The lowest BCUT2D eigenvalue weighted by Gasteiger charge is -2.11. The molecule has 7 nitrogen and oxygen atoms in total. The second-order valence-electron chi connectivity index (χ2n) is 4.77. The summed E-state index contributed by atoms with van der Waals surface area (Å²) in [7, 11) is -3.46. The van der Waals surface area contributed by atoms with Crippen LogP contribution in [0.25, 0.3) is 0 Å². The average molecular weight is 337 g/mol. The van der Waals surface area contributed by atoms with Crippen LogP contribution in [0.2, 0.25) is 5.02 Å². The summed E-state index contributed by atoms with van der Waals surface area (Å²) in [4.78, 5) is 10.3. The molecule has 1 unspecified atom stereocenters. The number of rotatable bonds is 8. The third-order valence-corrected chi connectivity index (χ3v) is 3.92. The van der Waals surface area contributed by atoms with Gasteiger partial charge in [0.15, 0.2) is 5.75 Å². The zero-order valence-electron chi connectivity index (χ0n) is 11.5. The molecule has 21 heavy (non-hydrogen) atoms. The molecule has 1 aromatic rings. The Labute approximate surface area is 128 Å². The van der Waals surface area contributed by atoms with Crippen LogP contribution in [0.4, 0.5) is 5.69 Å². The van der Waals surface area contributed by atoms with Crippen molar-refractivity contribution in [3.63, 3.8) is 0 Å². The molecule has 0 aliphatic heterocycles. The molecule has 0 spiro atoms. The highest BCUT2D eigenvalue weighted by Gasteiger charge is 2.16. The Balaban J connectivity index is 2.51. The van der Waals surface area contributed by atoms with Crippen molar-refractivity contribution in [2.75, 3.05) is 12.4 Å². The molecule has 0 radical (unpaired) electrons. The van der Waals surface area contributed by atoms with E-state index in [0.717, 1.165) is 0 Å². The molecule has 0 fully saturated rings. The normalized spacial score (nSPS) is 12.9. The van der Waals surface area contributed by atoms with E-state index in [1.165, 1.54) is 18.2 Å². The van der Waals surface area contributed by atoms with E-state index < -0.39 is 14.9 Å². The van der Waals surface area contributed by atoms with Gasteiger partial charge < -0.3 is 4.74 Å². The van der Waals surface area contributed by atoms with Crippen LogP contribution in [0.3, 0.4) is 0 Å². The fourth-order valence-electron chi connectivity index (χ4n) is 1.64. The first-order valence-corrected chi connectivity index (χ1v) is 8.35. The van der Waals surface area contributed by atoms with Gasteiger partial charge in [-0.05, 0) is 30.9 Å². The molecule has 1 atom stereocenters. The number of nitro benzene ring substituents is 1. The maximum Gasteiger partial charge on any atom is 0.312 e. The maximum absolute atomic E-state index is 10.9. The predicted octanol–water partition coefficient (Wildman–Crippen LogP) is 2.33. The molecule has 2 N–H and O–H groups in total. The lowest BCUT2D eigenvalue weighted by molar-refractivity contribution is -0.385. The number of nitrogens with two attached hydrogens (primary N) is 1. The SMILES string of the molecule is CC(CCOc1ccc(Cl)cc1[N+](=O)[O-])CCS(N)(=O)=O. The molecule has 0 aliphatic carbocycles. The van der Waals surface area contributed by atoms with E-state index in [-0.39, 0.29) is 34.7 Å². The van der Waals surface area contributed by atoms with E-state index in [1.807, 2.05) is 6.92 Å². The summed E-state index contributed by atoms with van der Waals surface area (Å²) in [6.45, 7) is 2.11. The van der Waals surface area contributed by atoms with Gasteiger partial charge in [0.25, 0.3) is 0 Å². The number of halogens is 1. The molecule has 9 heteroatoms. The molecular formula is C12H17ClN2O5S. The fourth-order valence-corrected chi connectivity index (χ4v) is 2.53. The number of sulfonamides is 1. The first kappa shape index (κ1) is 17.7. The molecule has 0 saturated heterocycles. The van der Waals surface area contributed by atoms with Gasteiger partial charge in [0, 0.05) is 11.1 Å². The molecule has 0 heterocycles. The molecule has 118 valence electrons. The van der Waals surface area contributed by atoms with E-state index in [1.54, 1.807) is 0 Å². The first-order valence-electron chi connectivity index (χ1n) is 6.26. The minimum Gasteiger partial charge on any atom is -0.487 e. The molecule has 1 aromatic carbocycles. The molecule has 0 bridgehead atoms.